The van der Waals surface area contributed by atoms with E-state index in [4.69, 9.17) is 42.6 Å². The lowest BCUT2D eigenvalue weighted by atomic mass is 10.2. The third-order valence-corrected chi connectivity index (χ3v) is 5.54. The maximum absolute atomic E-state index is 12.1. The van der Waals surface area contributed by atoms with Gasteiger partial charge < -0.3 is 53.3 Å². The molecule has 0 fully saturated rings. The van der Waals surface area contributed by atoms with E-state index in [1.807, 2.05) is 19.2 Å². The van der Waals surface area contributed by atoms with Crippen molar-refractivity contribution in [2.45, 2.75) is 19.8 Å². The van der Waals surface area contributed by atoms with Gasteiger partial charge in [0.25, 0.3) is 0 Å². The molecule has 2 N–H and O–H groups in total. The average molecular weight is 603 g/mol. The van der Waals surface area contributed by atoms with Gasteiger partial charge >= 0.3 is 5.97 Å². The van der Waals surface area contributed by atoms with Gasteiger partial charge in [-0.2, -0.15) is 0 Å². The lowest BCUT2D eigenvalue weighted by Crippen LogP contribution is -2.17. The Kier molecular flexibility index (Phi) is 27.8. The molecule has 1 rings (SSSR count). The van der Waals surface area contributed by atoms with E-state index in [0.29, 0.717) is 111 Å². The predicted octanol–water partition coefficient (Wildman–Crippen LogP) is 2.41. The predicted molar refractivity (Wildman–Crippen MR) is 161 cm³/mol. The third-order valence-electron chi connectivity index (χ3n) is 5.54. The summed E-state index contributed by atoms with van der Waals surface area (Å²) < 4.78 is 48.7. The van der Waals surface area contributed by atoms with Gasteiger partial charge in [-0.05, 0) is 37.7 Å². The fraction of sp³-hybridized carbons (Fsp3) is 0.767. The molecular weight excluding hydrogens is 548 g/mol. The molecule has 0 amide bonds. The minimum atomic E-state index is -0.357. The lowest BCUT2D eigenvalue weighted by Gasteiger charge is -2.09. The number of carbonyl (C=O) groups is 1. The number of benzene rings is 1. The lowest BCUT2D eigenvalue weighted by molar-refractivity contribution is -0.0242. The van der Waals surface area contributed by atoms with Crippen LogP contribution in [0.5, 0.6) is 0 Å². The summed E-state index contributed by atoms with van der Waals surface area (Å²) in [6.07, 6.45) is 2.25. The summed E-state index contributed by atoms with van der Waals surface area (Å²) in [5, 5.41) is 6.33. The van der Waals surface area contributed by atoms with Crippen LogP contribution in [0.1, 0.15) is 30.1 Å². The summed E-state index contributed by atoms with van der Waals surface area (Å²) in [5.41, 5.74) is 1.52. The minimum Gasteiger partial charge on any atom is -0.460 e. The van der Waals surface area contributed by atoms with Crippen molar-refractivity contribution in [2.24, 2.45) is 0 Å². The van der Waals surface area contributed by atoms with Gasteiger partial charge in [-0.3, -0.25) is 0 Å². The molecule has 0 atom stereocenters. The summed E-state index contributed by atoms with van der Waals surface area (Å²) in [6.45, 7) is 12.2. The van der Waals surface area contributed by atoms with Gasteiger partial charge in [0, 0.05) is 18.8 Å². The molecule has 0 aliphatic rings. The molecular formula is C30H54N2O10. The Labute approximate surface area is 251 Å². The van der Waals surface area contributed by atoms with Crippen molar-refractivity contribution >= 4 is 11.7 Å². The molecule has 244 valence electrons. The zero-order valence-electron chi connectivity index (χ0n) is 25.7. The standard InChI is InChI=1S/C30H54N2O10/c1-3-4-9-32-29-7-5-28(6-8-29)30(33)42-27-26-41-25-24-40-23-22-39-21-20-38-19-18-37-17-16-36-15-14-35-13-12-34-11-10-31-2/h5-8,31-32H,3-4,9-27H2,1-2H3. The van der Waals surface area contributed by atoms with Crippen LogP contribution < -0.4 is 10.6 Å². The molecule has 0 aliphatic heterocycles. The first kappa shape index (κ1) is 38.2. The second-order valence-corrected chi connectivity index (χ2v) is 9.00. The fourth-order valence-corrected chi connectivity index (χ4v) is 3.23. The highest BCUT2D eigenvalue weighted by Gasteiger charge is 2.06. The number of nitrogens with one attached hydrogen (secondary N) is 2. The zero-order chi connectivity index (χ0) is 30.2. The number of ether oxygens (including phenoxy) is 9. The van der Waals surface area contributed by atoms with Crippen LogP contribution in [-0.2, 0) is 42.6 Å². The monoisotopic (exact) mass is 602 g/mol. The number of rotatable bonds is 32. The third kappa shape index (κ3) is 24.7. The van der Waals surface area contributed by atoms with E-state index in [1.54, 1.807) is 12.1 Å². The first-order valence-corrected chi connectivity index (χ1v) is 15.1. The van der Waals surface area contributed by atoms with Crippen LogP contribution in [0.3, 0.4) is 0 Å². The summed E-state index contributed by atoms with van der Waals surface area (Å²) in [6, 6.07) is 7.30. The molecule has 0 aromatic heterocycles. The fourth-order valence-electron chi connectivity index (χ4n) is 3.23. The first-order valence-electron chi connectivity index (χ1n) is 15.1. The molecule has 0 spiro atoms. The molecule has 0 saturated carbocycles. The van der Waals surface area contributed by atoms with E-state index < -0.39 is 0 Å². The van der Waals surface area contributed by atoms with E-state index in [1.165, 1.54) is 0 Å². The number of unbranched alkanes of at least 4 members (excludes halogenated alkanes) is 1. The zero-order valence-corrected chi connectivity index (χ0v) is 25.7. The van der Waals surface area contributed by atoms with Gasteiger partial charge in [0.1, 0.15) is 6.61 Å². The Morgan fingerprint density at radius 2 is 0.929 bits per heavy atom. The van der Waals surface area contributed by atoms with Crippen LogP contribution in [0.4, 0.5) is 5.69 Å². The Bertz CT molecular complexity index is 712. The Morgan fingerprint density at radius 3 is 1.31 bits per heavy atom. The van der Waals surface area contributed by atoms with Crippen molar-refractivity contribution in [2.75, 3.05) is 138 Å². The molecule has 12 heteroatoms. The highest BCUT2D eigenvalue weighted by molar-refractivity contribution is 5.89. The molecule has 0 saturated heterocycles. The van der Waals surface area contributed by atoms with Crippen molar-refractivity contribution in [1.82, 2.24) is 5.32 Å². The first-order chi connectivity index (χ1) is 20.8. The van der Waals surface area contributed by atoms with Gasteiger partial charge in [-0.25, -0.2) is 4.79 Å². The molecule has 0 heterocycles. The second-order valence-electron chi connectivity index (χ2n) is 9.00. The summed E-state index contributed by atoms with van der Waals surface area (Å²) in [5.74, 6) is -0.357. The smallest absolute Gasteiger partial charge is 0.338 e. The Hall–Kier alpha value is -1.87. The van der Waals surface area contributed by atoms with E-state index in [0.717, 1.165) is 31.6 Å². The molecule has 0 bridgehead atoms. The number of hydrogen-bond acceptors (Lipinski definition) is 12. The van der Waals surface area contributed by atoms with Crippen LogP contribution in [0, 0.1) is 0 Å². The van der Waals surface area contributed by atoms with Crippen molar-refractivity contribution in [3.8, 4) is 0 Å². The minimum absolute atomic E-state index is 0.196. The van der Waals surface area contributed by atoms with E-state index in [2.05, 4.69) is 17.6 Å². The topological polar surface area (TPSA) is 124 Å². The molecule has 42 heavy (non-hydrogen) atoms. The molecule has 1 aromatic carbocycles. The highest BCUT2D eigenvalue weighted by atomic mass is 16.6. The number of likely N-dealkylation sites (N-methyl/N-ethyl adjacent to an activating group) is 1. The van der Waals surface area contributed by atoms with Gasteiger partial charge in [0.15, 0.2) is 0 Å². The Morgan fingerprint density at radius 1 is 0.548 bits per heavy atom. The highest BCUT2D eigenvalue weighted by Crippen LogP contribution is 2.10. The second kappa shape index (κ2) is 30.6. The molecule has 0 radical (unpaired) electrons. The largest absolute Gasteiger partial charge is 0.460 e. The molecule has 0 unspecified atom stereocenters. The van der Waals surface area contributed by atoms with Crippen molar-refractivity contribution < 1.29 is 47.4 Å². The van der Waals surface area contributed by atoms with Crippen LogP contribution in [-0.4, -0.2) is 138 Å². The van der Waals surface area contributed by atoms with Gasteiger partial charge in [-0.15, -0.1) is 0 Å². The number of anilines is 1. The van der Waals surface area contributed by atoms with Crippen LogP contribution in [0.15, 0.2) is 24.3 Å². The summed E-state index contributed by atoms with van der Waals surface area (Å²) in [7, 11) is 1.89. The average Bonchev–Trinajstić information content (AvgIpc) is 3.01. The molecule has 1 aromatic rings. The normalized spacial score (nSPS) is 11.2. The number of carbonyl (C=O) groups excluding carboxylic acids is 1. The van der Waals surface area contributed by atoms with Crippen LogP contribution >= 0.6 is 0 Å². The number of esters is 1. The maximum atomic E-state index is 12.1. The number of hydrogen-bond donors (Lipinski definition) is 2. The Balaban J connectivity index is 1.74. The summed E-state index contributed by atoms with van der Waals surface area (Å²) in [4.78, 5) is 12.1. The van der Waals surface area contributed by atoms with Crippen LogP contribution in [0.25, 0.3) is 0 Å². The maximum Gasteiger partial charge on any atom is 0.338 e. The van der Waals surface area contributed by atoms with Crippen molar-refractivity contribution in [3.63, 3.8) is 0 Å². The van der Waals surface area contributed by atoms with Crippen molar-refractivity contribution in [1.29, 1.82) is 0 Å². The van der Waals surface area contributed by atoms with Gasteiger partial charge in [0.2, 0.25) is 0 Å². The van der Waals surface area contributed by atoms with E-state index in [-0.39, 0.29) is 12.6 Å². The molecule has 0 aliphatic carbocycles. The van der Waals surface area contributed by atoms with Gasteiger partial charge in [-0.1, -0.05) is 13.3 Å². The van der Waals surface area contributed by atoms with Gasteiger partial charge in [0.05, 0.1) is 111 Å². The summed E-state index contributed by atoms with van der Waals surface area (Å²) >= 11 is 0. The molecule has 12 nitrogen and oxygen atoms in total. The van der Waals surface area contributed by atoms with Crippen molar-refractivity contribution in [3.05, 3.63) is 29.8 Å². The van der Waals surface area contributed by atoms with Crippen LogP contribution in [0.2, 0.25) is 0 Å². The van der Waals surface area contributed by atoms with E-state index >= 15 is 0 Å². The quantitative estimate of drug-likeness (QED) is 0.0930. The SMILES string of the molecule is CCCCNc1ccc(C(=O)OCCOCCOCCOCCOCCOCCOCCOCCOCCNC)cc1. The van der Waals surface area contributed by atoms with E-state index in [9.17, 15) is 4.79 Å².